The highest BCUT2D eigenvalue weighted by atomic mass is 16.8. The number of urea groups is 1. The molecule has 0 aliphatic carbocycles. The van der Waals surface area contributed by atoms with E-state index in [4.69, 9.17) is 33.2 Å². The van der Waals surface area contributed by atoms with Crippen molar-refractivity contribution in [2.75, 3.05) is 26.8 Å². The molecule has 272 valence electrons. The van der Waals surface area contributed by atoms with Gasteiger partial charge in [-0.1, -0.05) is 54.6 Å². The van der Waals surface area contributed by atoms with Crippen LogP contribution in [-0.2, 0) is 44.6 Å². The third-order valence-corrected chi connectivity index (χ3v) is 7.52. The van der Waals surface area contributed by atoms with E-state index in [2.05, 4.69) is 5.32 Å². The lowest BCUT2D eigenvalue weighted by Gasteiger charge is -2.43. The minimum Gasteiger partial charge on any atom is -0.492 e. The number of esters is 3. The summed E-state index contributed by atoms with van der Waals surface area (Å²) in [6.45, 7) is 4.02. The van der Waals surface area contributed by atoms with E-state index in [1.807, 2.05) is 54.6 Å². The normalized spacial score (nSPS) is 19.5. The van der Waals surface area contributed by atoms with Gasteiger partial charge in [0.2, 0.25) is 12.4 Å². The van der Waals surface area contributed by atoms with Crippen LogP contribution >= 0.6 is 0 Å². The van der Waals surface area contributed by atoms with Gasteiger partial charge in [-0.25, -0.2) is 9.59 Å². The molecule has 1 saturated heterocycles. The van der Waals surface area contributed by atoms with E-state index in [0.717, 1.165) is 37.5 Å². The molecule has 5 atom stereocenters. The summed E-state index contributed by atoms with van der Waals surface area (Å²) in [5.74, 6) is -1.42. The molecule has 15 heteroatoms. The SMILES string of the molecule is CNC(=O)N(CCOc1ccc(-c2ccc(OC3OC(COC(C)=O)C(OC(C)=O)C(OC(C)=O)C3OC(=O)O)cc2)cc1)Cc1ccccc1. The molecule has 1 heterocycles. The summed E-state index contributed by atoms with van der Waals surface area (Å²) in [6.07, 6.45) is -8.94. The molecule has 0 aromatic heterocycles. The monoisotopic (exact) mass is 708 g/mol. The Morgan fingerprint density at radius 1 is 0.745 bits per heavy atom. The van der Waals surface area contributed by atoms with Crippen LogP contribution in [0.3, 0.4) is 0 Å². The summed E-state index contributed by atoms with van der Waals surface area (Å²) in [6, 6.07) is 23.5. The fourth-order valence-electron chi connectivity index (χ4n) is 5.30. The predicted molar refractivity (Wildman–Crippen MR) is 179 cm³/mol. The lowest BCUT2D eigenvalue weighted by molar-refractivity contribution is -0.285. The van der Waals surface area contributed by atoms with Crippen LogP contribution in [0.2, 0.25) is 0 Å². The number of benzene rings is 3. The second-order valence-electron chi connectivity index (χ2n) is 11.3. The van der Waals surface area contributed by atoms with E-state index in [1.165, 1.54) is 0 Å². The first-order chi connectivity index (χ1) is 24.4. The zero-order valence-electron chi connectivity index (χ0n) is 28.5. The van der Waals surface area contributed by atoms with Crippen molar-refractivity contribution in [3.63, 3.8) is 0 Å². The van der Waals surface area contributed by atoms with E-state index in [1.54, 1.807) is 36.2 Å². The number of amides is 2. The lowest BCUT2D eigenvalue weighted by Crippen LogP contribution is -2.63. The Morgan fingerprint density at radius 3 is 1.88 bits per heavy atom. The number of rotatable bonds is 14. The Hall–Kier alpha value is -5.83. The number of ether oxygens (including phenoxy) is 7. The number of hydrogen-bond acceptors (Lipinski definition) is 12. The van der Waals surface area contributed by atoms with Gasteiger partial charge < -0.3 is 48.5 Å². The van der Waals surface area contributed by atoms with Gasteiger partial charge in [0.05, 0.1) is 6.54 Å². The van der Waals surface area contributed by atoms with Gasteiger partial charge in [0.25, 0.3) is 0 Å². The predicted octanol–water partition coefficient (Wildman–Crippen LogP) is 4.17. The maximum absolute atomic E-state index is 12.4. The minimum atomic E-state index is -1.73. The van der Waals surface area contributed by atoms with Crippen molar-refractivity contribution in [3.8, 4) is 22.6 Å². The van der Waals surface area contributed by atoms with Gasteiger partial charge in [0.1, 0.15) is 30.8 Å². The third kappa shape index (κ3) is 11.4. The summed E-state index contributed by atoms with van der Waals surface area (Å²) in [5.41, 5.74) is 2.67. The van der Waals surface area contributed by atoms with Gasteiger partial charge in [-0.2, -0.15) is 0 Å². The Bertz CT molecular complexity index is 1630. The largest absolute Gasteiger partial charge is 0.506 e. The summed E-state index contributed by atoms with van der Waals surface area (Å²) in [7, 11) is 1.58. The van der Waals surface area contributed by atoms with Gasteiger partial charge in [0, 0.05) is 34.4 Å². The van der Waals surface area contributed by atoms with Crippen molar-refractivity contribution >= 4 is 30.1 Å². The highest BCUT2D eigenvalue weighted by molar-refractivity contribution is 5.73. The standard InChI is InChI=1S/C36H40N2O13/c1-22(39)46-21-30-31(47-23(2)40)32(48-24(3)41)33(51-36(43)44)34(50-30)49-29-16-12-27(13-17-29)26-10-14-28(15-11-26)45-19-18-38(35(42)37-4)20-25-8-6-5-7-9-25/h5-17,30-34H,18-21H2,1-4H3,(H,37,42)(H,43,44). The van der Waals surface area contributed by atoms with Crippen molar-refractivity contribution in [1.29, 1.82) is 0 Å². The van der Waals surface area contributed by atoms with Crippen LogP contribution in [0.25, 0.3) is 11.1 Å². The molecule has 1 fully saturated rings. The van der Waals surface area contributed by atoms with Crippen molar-refractivity contribution in [2.24, 2.45) is 0 Å². The molecule has 5 unspecified atom stereocenters. The molecule has 51 heavy (non-hydrogen) atoms. The first kappa shape index (κ1) is 38.0. The van der Waals surface area contributed by atoms with Gasteiger partial charge in [-0.15, -0.1) is 0 Å². The molecule has 2 N–H and O–H groups in total. The average Bonchev–Trinajstić information content (AvgIpc) is 3.09. The number of carboxylic acid groups (broad SMARTS) is 1. The van der Waals surface area contributed by atoms with Crippen molar-refractivity contribution < 1.29 is 62.2 Å². The molecule has 4 rings (SSSR count). The minimum absolute atomic E-state index is 0.206. The number of carbonyl (C=O) groups is 5. The first-order valence-corrected chi connectivity index (χ1v) is 16.0. The molecular weight excluding hydrogens is 668 g/mol. The van der Waals surface area contributed by atoms with Crippen LogP contribution in [-0.4, -0.2) is 97.6 Å². The van der Waals surface area contributed by atoms with Gasteiger partial charge >= 0.3 is 30.1 Å². The van der Waals surface area contributed by atoms with Crippen molar-refractivity contribution in [1.82, 2.24) is 10.2 Å². The van der Waals surface area contributed by atoms with Crippen molar-refractivity contribution in [3.05, 3.63) is 84.4 Å². The fraction of sp³-hybridized carbons (Fsp3) is 0.361. The molecule has 1 aliphatic rings. The Balaban J connectivity index is 1.44. The molecule has 15 nitrogen and oxygen atoms in total. The Labute approximate surface area is 294 Å². The Kier molecular flexibility index (Phi) is 13.6. The van der Waals surface area contributed by atoms with Crippen LogP contribution in [0.5, 0.6) is 11.5 Å². The zero-order chi connectivity index (χ0) is 36.9. The summed E-state index contributed by atoms with van der Waals surface area (Å²) < 4.78 is 38.5. The van der Waals surface area contributed by atoms with E-state index in [-0.39, 0.29) is 18.4 Å². The third-order valence-electron chi connectivity index (χ3n) is 7.52. The van der Waals surface area contributed by atoms with Crippen LogP contribution in [0.4, 0.5) is 9.59 Å². The summed E-state index contributed by atoms with van der Waals surface area (Å²) in [4.78, 5) is 61.2. The van der Waals surface area contributed by atoms with E-state index in [0.29, 0.717) is 18.8 Å². The highest BCUT2D eigenvalue weighted by Gasteiger charge is 2.53. The second kappa shape index (κ2) is 18.2. The molecule has 0 bridgehead atoms. The first-order valence-electron chi connectivity index (χ1n) is 16.0. The molecular formula is C36H40N2O13. The summed E-state index contributed by atoms with van der Waals surface area (Å²) in [5, 5.41) is 12.1. The van der Waals surface area contributed by atoms with Gasteiger partial charge in [0.15, 0.2) is 12.2 Å². The molecule has 3 aromatic rings. The second-order valence-corrected chi connectivity index (χ2v) is 11.3. The van der Waals surface area contributed by atoms with Gasteiger partial charge in [-0.3, -0.25) is 14.4 Å². The quantitative estimate of drug-likeness (QED) is 0.180. The van der Waals surface area contributed by atoms with Crippen molar-refractivity contribution in [2.45, 2.75) is 58.0 Å². The number of nitrogens with zero attached hydrogens (tertiary/aromatic N) is 1. The lowest BCUT2D eigenvalue weighted by atomic mass is 9.98. The topological polar surface area (TPSA) is 185 Å². The summed E-state index contributed by atoms with van der Waals surface area (Å²) >= 11 is 0. The van der Waals surface area contributed by atoms with E-state index >= 15 is 0 Å². The van der Waals surface area contributed by atoms with Gasteiger partial charge in [-0.05, 0) is 41.0 Å². The molecule has 2 amide bonds. The Morgan fingerprint density at radius 2 is 1.33 bits per heavy atom. The highest BCUT2D eigenvalue weighted by Crippen LogP contribution is 2.32. The smallest absolute Gasteiger partial charge is 0.492 e. The zero-order valence-corrected chi connectivity index (χ0v) is 28.5. The number of carbonyl (C=O) groups excluding carboxylic acids is 4. The molecule has 0 radical (unpaired) electrons. The van der Waals surface area contributed by atoms with E-state index < -0.39 is 61.4 Å². The molecule has 0 saturated carbocycles. The average molecular weight is 709 g/mol. The molecule has 0 spiro atoms. The number of nitrogens with one attached hydrogen (secondary N) is 1. The maximum Gasteiger partial charge on any atom is 0.506 e. The number of hydrogen-bond donors (Lipinski definition) is 2. The molecule has 3 aromatic carbocycles. The van der Waals surface area contributed by atoms with Crippen LogP contribution in [0.15, 0.2) is 78.9 Å². The van der Waals surface area contributed by atoms with E-state index in [9.17, 15) is 29.1 Å². The molecule has 1 aliphatic heterocycles. The maximum atomic E-state index is 12.4. The fourth-order valence-corrected chi connectivity index (χ4v) is 5.30. The van der Waals surface area contributed by atoms with Crippen LogP contribution < -0.4 is 14.8 Å². The van der Waals surface area contributed by atoms with Crippen LogP contribution in [0, 0.1) is 0 Å². The van der Waals surface area contributed by atoms with Crippen LogP contribution in [0.1, 0.15) is 26.3 Å².